The summed E-state index contributed by atoms with van der Waals surface area (Å²) in [4.78, 5) is 28.4. The Morgan fingerprint density at radius 3 is 2.79 bits per heavy atom. The summed E-state index contributed by atoms with van der Waals surface area (Å²) in [6, 6.07) is 1.42. The fraction of sp³-hybridized carbons (Fsp3) is 0.318. The molecule has 1 unspecified atom stereocenters. The van der Waals surface area contributed by atoms with E-state index in [4.69, 9.17) is 9.47 Å². The van der Waals surface area contributed by atoms with E-state index in [-0.39, 0.29) is 23.6 Å². The van der Waals surface area contributed by atoms with Crippen molar-refractivity contribution in [3.05, 3.63) is 66.4 Å². The summed E-state index contributed by atoms with van der Waals surface area (Å²) in [5.74, 6) is -0.504. The van der Waals surface area contributed by atoms with Crippen LogP contribution >= 0.6 is 0 Å². The molecule has 1 fully saturated rings. The van der Waals surface area contributed by atoms with Crippen LogP contribution in [0.3, 0.4) is 0 Å². The molecule has 0 aliphatic carbocycles. The van der Waals surface area contributed by atoms with E-state index in [1.807, 2.05) is 0 Å². The predicted molar refractivity (Wildman–Crippen MR) is 113 cm³/mol. The Hall–Kier alpha value is -3.73. The van der Waals surface area contributed by atoms with Crippen LogP contribution in [0.15, 0.2) is 49.4 Å². The molecule has 3 aromatic heterocycles. The Morgan fingerprint density at radius 2 is 2.00 bits per heavy atom. The number of halogens is 2. The number of rotatable bonds is 7. The number of nitrogens with zero attached hydrogens (tertiary/aromatic N) is 4. The summed E-state index contributed by atoms with van der Waals surface area (Å²) in [6.07, 6.45) is 7.04. The number of piperidine rings is 1. The first-order valence-electron chi connectivity index (χ1n) is 10.4. The number of nitrogens with one attached hydrogen (secondary N) is 2. The van der Waals surface area contributed by atoms with Gasteiger partial charge in [0.25, 0.3) is 11.8 Å². The minimum absolute atomic E-state index is 0.0751. The van der Waals surface area contributed by atoms with Crippen LogP contribution in [0, 0.1) is 5.82 Å². The van der Waals surface area contributed by atoms with Crippen molar-refractivity contribution in [2.24, 2.45) is 0 Å². The van der Waals surface area contributed by atoms with Gasteiger partial charge in [0, 0.05) is 24.7 Å². The first-order chi connectivity index (χ1) is 16.0. The van der Waals surface area contributed by atoms with Crippen LogP contribution in [0.2, 0.25) is 0 Å². The highest BCUT2D eigenvalue weighted by Gasteiger charge is 2.36. The third-order valence-corrected chi connectivity index (χ3v) is 5.05. The lowest BCUT2D eigenvalue weighted by Crippen LogP contribution is -2.54. The third kappa shape index (κ3) is 5.37. The van der Waals surface area contributed by atoms with Gasteiger partial charge < -0.3 is 20.1 Å². The van der Waals surface area contributed by atoms with Gasteiger partial charge >= 0.3 is 0 Å². The molecule has 1 aliphatic heterocycles. The van der Waals surface area contributed by atoms with Gasteiger partial charge in [-0.3, -0.25) is 9.78 Å². The molecular weight excluding hydrogens is 434 g/mol. The molecule has 0 bridgehead atoms. The largest absolute Gasteiger partial charge is 0.488 e. The lowest BCUT2D eigenvalue weighted by Gasteiger charge is -2.36. The molecule has 11 heteroatoms. The van der Waals surface area contributed by atoms with E-state index < -0.39 is 30.0 Å². The molecule has 3 atom stereocenters. The Labute approximate surface area is 188 Å². The average Bonchev–Trinajstić information content (AvgIpc) is 2.83. The summed E-state index contributed by atoms with van der Waals surface area (Å²) in [5.41, 5.74) is 0.833. The van der Waals surface area contributed by atoms with Crippen LogP contribution in [-0.4, -0.2) is 51.2 Å². The van der Waals surface area contributed by atoms with Crippen molar-refractivity contribution in [2.45, 2.75) is 31.6 Å². The van der Waals surface area contributed by atoms with E-state index in [0.717, 1.165) is 6.20 Å². The van der Waals surface area contributed by atoms with Crippen LogP contribution in [0.1, 0.15) is 35.3 Å². The Balaban J connectivity index is 1.56. The molecule has 1 saturated heterocycles. The molecule has 9 nitrogen and oxygen atoms in total. The van der Waals surface area contributed by atoms with Crippen molar-refractivity contribution in [1.82, 2.24) is 30.6 Å². The number of amides is 1. The average molecular weight is 456 g/mol. The molecule has 0 saturated carbocycles. The van der Waals surface area contributed by atoms with Gasteiger partial charge in [0.15, 0.2) is 5.75 Å². The van der Waals surface area contributed by atoms with Gasteiger partial charge in [0.05, 0.1) is 36.6 Å². The molecule has 1 aliphatic rings. The summed E-state index contributed by atoms with van der Waals surface area (Å²) in [6.45, 7) is 2.48. The number of aromatic nitrogens is 4. The van der Waals surface area contributed by atoms with Crippen molar-refractivity contribution in [1.29, 1.82) is 0 Å². The van der Waals surface area contributed by atoms with Gasteiger partial charge in [-0.1, -0.05) is 0 Å². The highest BCUT2D eigenvalue weighted by atomic mass is 19.1. The van der Waals surface area contributed by atoms with Crippen LogP contribution in [0.25, 0.3) is 0 Å². The lowest BCUT2D eigenvalue weighted by atomic mass is 9.91. The normalized spacial score (nSPS) is 20.2. The number of pyridine rings is 2. The van der Waals surface area contributed by atoms with Crippen LogP contribution in [0.5, 0.6) is 17.4 Å². The SMILES string of the molecule is CCOc1cc(F)cnc1Oc1cncc(C2NCC[C@@H](F)[C@@H]2NC(=O)c2cncnc2)c1. The van der Waals surface area contributed by atoms with E-state index >= 15 is 0 Å². The predicted octanol–water partition coefficient (Wildman–Crippen LogP) is 2.77. The highest BCUT2D eigenvalue weighted by Crippen LogP contribution is 2.32. The van der Waals surface area contributed by atoms with E-state index in [0.29, 0.717) is 24.5 Å². The molecule has 1 amide bonds. The Morgan fingerprint density at radius 1 is 1.18 bits per heavy atom. The van der Waals surface area contributed by atoms with Crippen LogP contribution in [0.4, 0.5) is 8.78 Å². The van der Waals surface area contributed by atoms with Gasteiger partial charge in [0.1, 0.15) is 24.1 Å². The molecule has 172 valence electrons. The number of carbonyl (C=O) groups excluding carboxylic acids is 1. The standard InChI is InChI=1S/C22H22F2N6O3/c1-2-32-18-6-15(23)10-29-22(18)33-16-5-13(7-25-11-16)19-20(17(24)3-4-28-19)30-21(31)14-8-26-12-27-9-14/h5-12,17,19-20,28H,2-4H2,1H3,(H,30,31)/t17-,19?,20+/m1/s1. The van der Waals surface area contributed by atoms with Crippen molar-refractivity contribution in [3.63, 3.8) is 0 Å². The van der Waals surface area contributed by atoms with Crippen molar-refractivity contribution in [2.75, 3.05) is 13.2 Å². The monoisotopic (exact) mass is 456 g/mol. The van der Waals surface area contributed by atoms with E-state index in [1.54, 1.807) is 19.2 Å². The van der Waals surface area contributed by atoms with Crippen molar-refractivity contribution < 1.29 is 23.0 Å². The maximum atomic E-state index is 14.9. The van der Waals surface area contributed by atoms with Gasteiger partial charge in [0.2, 0.25) is 0 Å². The fourth-order valence-electron chi connectivity index (χ4n) is 3.56. The number of carbonyl (C=O) groups is 1. The molecule has 0 aromatic carbocycles. The minimum Gasteiger partial charge on any atom is -0.488 e. The topological polar surface area (TPSA) is 111 Å². The molecule has 3 aromatic rings. The van der Waals surface area contributed by atoms with Gasteiger partial charge in [-0.05, 0) is 31.5 Å². The second-order valence-corrected chi connectivity index (χ2v) is 7.31. The van der Waals surface area contributed by atoms with Crippen molar-refractivity contribution in [3.8, 4) is 17.4 Å². The molecular formula is C22H22F2N6O3. The first-order valence-corrected chi connectivity index (χ1v) is 10.4. The maximum Gasteiger partial charge on any atom is 0.262 e. The third-order valence-electron chi connectivity index (χ3n) is 5.05. The zero-order valence-corrected chi connectivity index (χ0v) is 17.7. The number of alkyl halides is 1. The number of hydrogen-bond acceptors (Lipinski definition) is 8. The zero-order valence-electron chi connectivity index (χ0n) is 17.7. The summed E-state index contributed by atoms with van der Waals surface area (Å²) >= 11 is 0. The highest BCUT2D eigenvalue weighted by molar-refractivity contribution is 5.93. The Bertz CT molecular complexity index is 1100. The minimum atomic E-state index is -1.28. The molecule has 33 heavy (non-hydrogen) atoms. The molecule has 4 rings (SSSR count). The molecule has 2 N–H and O–H groups in total. The van der Waals surface area contributed by atoms with E-state index in [1.165, 1.54) is 31.0 Å². The number of hydrogen-bond donors (Lipinski definition) is 2. The van der Waals surface area contributed by atoms with Crippen LogP contribution in [-0.2, 0) is 0 Å². The summed E-state index contributed by atoms with van der Waals surface area (Å²) in [5, 5.41) is 5.97. The second-order valence-electron chi connectivity index (χ2n) is 7.31. The molecule has 0 spiro atoms. The smallest absolute Gasteiger partial charge is 0.262 e. The number of ether oxygens (including phenoxy) is 2. The molecule has 0 radical (unpaired) electrons. The summed E-state index contributed by atoms with van der Waals surface area (Å²) in [7, 11) is 0. The first kappa shape index (κ1) is 22.5. The Kier molecular flexibility index (Phi) is 6.98. The lowest BCUT2D eigenvalue weighted by molar-refractivity contribution is 0.0854. The van der Waals surface area contributed by atoms with Gasteiger partial charge in [-0.15, -0.1) is 0 Å². The van der Waals surface area contributed by atoms with E-state index in [9.17, 15) is 13.6 Å². The quantitative estimate of drug-likeness (QED) is 0.558. The van der Waals surface area contributed by atoms with Crippen LogP contribution < -0.4 is 20.1 Å². The van der Waals surface area contributed by atoms with Gasteiger partial charge in [-0.2, -0.15) is 0 Å². The second kappa shape index (κ2) is 10.3. The fourth-order valence-corrected chi connectivity index (χ4v) is 3.56. The van der Waals surface area contributed by atoms with E-state index in [2.05, 4.69) is 30.6 Å². The maximum absolute atomic E-state index is 14.9. The zero-order chi connectivity index (χ0) is 23.2. The van der Waals surface area contributed by atoms with Gasteiger partial charge in [-0.25, -0.2) is 23.7 Å². The molecule has 4 heterocycles. The van der Waals surface area contributed by atoms with Crippen molar-refractivity contribution >= 4 is 5.91 Å². The summed E-state index contributed by atoms with van der Waals surface area (Å²) < 4.78 is 39.6.